The molecule has 2 heterocycles. The van der Waals surface area contributed by atoms with Crippen molar-refractivity contribution < 1.29 is 29.2 Å². The van der Waals surface area contributed by atoms with E-state index in [1.54, 1.807) is 6.92 Å². The van der Waals surface area contributed by atoms with Crippen molar-refractivity contribution in [2.45, 2.75) is 44.1 Å². The first-order chi connectivity index (χ1) is 7.13. The van der Waals surface area contributed by atoms with Crippen molar-refractivity contribution in [3.8, 4) is 0 Å². The zero-order valence-electron chi connectivity index (χ0n) is 8.33. The Morgan fingerprint density at radius 1 is 1.47 bits per heavy atom. The Morgan fingerprint density at radius 2 is 2.20 bits per heavy atom. The summed E-state index contributed by atoms with van der Waals surface area (Å²) < 4.78 is 15.3. The van der Waals surface area contributed by atoms with Crippen LogP contribution in [-0.2, 0) is 19.0 Å². The minimum atomic E-state index is -1.17. The SMILES string of the molecule is CCC(=O)OC1C2COC(O2)C(O)C1O. The van der Waals surface area contributed by atoms with Gasteiger partial charge in [0.15, 0.2) is 12.4 Å². The molecule has 2 saturated heterocycles. The Balaban J connectivity index is 2.06. The smallest absolute Gasteiger partial charge is 0.305 e. The van der Waals surface area contributed by atoms with E-state index >= 15 is 0 Å². The van der Waals surface area contributed by atoms with Crippen LogP contribution in [0.15, 0.2) is 0 Å². The van der Waals surface area contributed by atoms with Crippen LogP contribution < -0.4 is 0 Å². The summed E-state index contributed by atoms with van der Waals surface area (Å²) in [6.45, 7) is 1.88. The Hall–Kier alpha value is -0.690. The number of esters is 1. The molecule has 6 heteroatoms. The van der Waals surface area contributed by atoms with Gasteiger partial charge >= 0.3 is 5.97 Å². The molecule has 0 aromatic rings. The van der Waals surface area contributed by atoms with E-state index in [4.69, 9.17) is 14.2 Å². The molecule has 0 aromatic carbocycles. The summed E-state index contributed by atoms with van der Waals surface area (Å²) in [6, 6.07) is 0. The van der Waals surface area contributed by atoms with Crippen LogP contribution in [-0.4, -0.2) is 53.5 Å². The van der Waals surface area contributed by atoms with E-state index in [1.165, 1.54) is 0 Å². The maximum Gasteiger partial charge on any atom is 0.305 e. The quantitative estimate of drug-likeness (QED) is 0.565. The maximum atomic E-state index is 11.1. The van der Waals surface area contributed by atoms with Gasteiger partial charge in [-0.1, -0.05) is 6.92 Å². The van der Waals surface area contributed by atoms with Gasteiger partial charge in [0.1, 0.15) is 18.3 Å². The summed E-state index contributed by atoms with van der Waals surface area (Å²) in [7, 11) is 0. The van der Waals surface area contributed by atoms with Crippen LogP contribution in [0.4, 0.5) is 0 Å². The van der Waals surface area contributed by atoms with Gasteiger partial charge in [-0.3, -0.25) is 4.79 Å². The molecule has 0 aliphatic carbocycles. The van der Waals surface area contributed by atoms with Crippen molar-refractivity contribution in [2.75, 3.05) is 6.61 Å². The van der Waals surface area contributed by atoms with Gasteiger partial charge in [0.05, 0.1) is 6.61 Å². The fourth-order valence-corrected chi connectivity index (χ4v) is 1.75. The summed E-state index contributed by atoms with van der Waals surface area (Å²) in [5, 5.41) is 19.2. The van der Waals surface area contributed by atoms with E-state index in [9.17, 15) is 15.0 Å². The molecular formula is C9H14O6. The van der Waals surface area contributed by atoms with Crippen molar-refractivity contribution in [3.05, 3.63) is 0 Å². The highest BCUT2D eigenvalue weighted by Gasteiger charge is 2.51. The second-order valence-electron chi connectivity index (χ2n) is 3.67. The average molecular weight is 218 g/mol. The van der Waals surface area contributed by atoms with E-state index in [0.29, 0.717) is 0 Å². The van der Waals surface area contributed by atoms with Gasteiger partial charge in [-0.15, -0.1) is 0 Å². The lowest BCUT2D eigenvalue weighted by Crippen LogP contribution is -2.55. The lowest BCUT2D eigenvalue weighted by atomic mass is 10.0. The summed E-state index contributed by atoms with van der Waals surface area (Å²) in [5.41, 5.74) is 0. The molecule has 86 valence electrons. The molecule has 2 rings (SSSR count). The molecule has 0 aromatic heterocycles. The zero-order valence-corrected chi connectivity index (χ0v) is 8.33. The number of hydrogen-bond donors (Lipinski definition) is 2. The minimum Gasteiger partial charge on any atom is -0.457 e. The van der Waals surface area contributed by atoms with E-state index in [2.05, 4.69) is 0 Å². The zero-order chi connectivity index (χ0) is 11.0. The molecule has 15 heavy (non-hydrogen) atoms. The lowest BCUT2D eigenvalue weighted by molar-refractivity contribution is -0.236. The highest BCUT2D eigenvalue weighted by molar-refractivity contribution is 5.69. The predicted molar refractivity (Wildman–Crippen MR) is 46.8 cm³/mol. The normalized spacial score (nSPS) is 44.1. The van der Waals surface area contributed by atoms with Gasteiger partial charge in [-0.25, -0.2) is 0 Å². The van der Waals surface area contributed by atoms with Crippen LogP contribution in [0, 0.1) is 0 Å². The molecule has 2 N–H and O–H groups in total. The van der Waals surface area contributed by atoms with Crippen LogP contribution in [0.3, 0.4) is 0 Å². The minimum absolute atomic E-state index is 0.219. The molecular weight excluding hydrogens is 204 g/mol. The first-order valence-corrected chi connectivity index (χ1v) is 4.96. The Labute approximate surface area is 86.7 Å². The number of carbonyl (C=O) groups excluding carboxylic acids is 1. The van der Waals surface area contributed by atoms with E-state index in [1.807, 2.05) is 0 Å². The molecule has 0 spiro atoms. The first-order valence-electron chi connectivity index (χ1n) is 4.96. The summed E-state index contributed by atoms with van der Waals surface area (Å²) in [4.78, 5) is 11.1. The molecule has 0 radical (unpaired) electrons. The summed E-state index contributed by atoms with van der Waals surface area (Å²) in [5.74, 6) is -0.430. The van der Waals surface area contributed by atoms with Crippen molar-refractivity contribution in [2.24, 2.45) is 0 Å². The van der Waals surface area contributed by atoms with Gasteiger partial charge < -0.3 is 24.4 Å². The largest absolute Gasteiger partial charge is 0.457 e. The van der Waals surface area contributed by atoms with Gasteiger partial charge in [0, 0.05) is 6.42 Å². The van der Waals surface area contributed by atoms with Crippen molar-refractivity contribution >= 4 is 5.97 Å². The molecule has 2 aliphatic rings. The second kappa shape index (κ2) is 4.05. The number of hydrogen-bond acceptors (Lipinski definition) is 6. The van der Waals surface area contributed by atoms with Gasteiger partial charge in [-0.05, 0) is 0 Å². The predicted octanol–water partition coefficient (Wildman–Crippen LogP) is -1.21. The standard InChI is InChI=1S/C9H14O6/c1-2-5(10)15-8-4-3-13-9(14-4)7(12)6(8)11/h4,6-9,11-12H,2-3H2,1H3. The van der Waals surface area contributed by atoms with E-state index in [0.717, 1.165) is 0 Å². The van der Waals surface area contributed by atoms with E-state index < -0.39 is 36.7 Å². The number of aliphatic hydroxyl groups excluding tert-OH is 2. The van der Waals surface area contributed by atoms with Gasteiger partial charge in [0.2, 0.25) is 0 Å². The molecule has 0 saturated carbocycles. The molecule has 2 bridgehead atoms. The topological polar surface area (TPSA) is 85.2 Å². The fourth-order valence-electron chi connectivity index (χ4n) is 1.75. The lowest BCUT2D eigenvalue weighted by Gasteiger charge is -2.34. The van der Waals surface area contributed by atoms with Crippen LogP contribution in [0.2, 0.25) is 0 Å². The van der Waals surface area contributed by atoms with Gasteiger partial charge in [0.25, 0.3) is 0 Å². The third kappa shape index (κ3) is 1.85. The molecule has 2 aliphatic heterocycles. The third-order valence-corrected chi connectivity index (χ3v) is 2.62. The number of fused-ring (bicyclic) bond motifs is 2. The summed E-state index contributed by atoms with van der Waals surface area (Å²) in [6.07, 6.45) is -4.22. The Morgan fingerprint density at radius 3 is 2.87 bits per heavy atom. The third-order valence-electron chi connectivity index (χ3n) is 2.62. The fraction of sp³-hybridized carbons (Fsp3) is 0.889. The highest BCUT2D eigenvalue weighted by Crippen LogP contribution is 2.30. The average Bonchev–Trinajstić information content (AvgIpc) is 2.68. The molecule has 0 amide bonds. The second-order valence-corrected chi connectivity index (χ2v) is 3.67. The molecule has 2 fully saturated rings. The monoisotopic (exact) mass is 218 g/mol. The maximum absolute atomic E-state index is 11.1. The van der Waals surface area contributed by atoms with Gasteiger partial charge in [-0.2, -0.15) is 0 Å². The number of aliphatic hydroxyl groups is 2. The van der Waals surface area contributed by atoms with Crippen LogP contribution in [0.25, 0.3) is 0 Å². The van der Waals surface area contributed by atoms with Crippen molar-refractivity contribution in [1.29, 1.82) is 0 Å². The van der Waals surface area contributed by atoms with E-state index in [-0.39, 0.29) is 13.0 Å². The molecule has 6 nitrogen and oxygen atoms in total. The number of ether oxygens (including phenoxy) is 3. The molecule has 5 unspecified atom stereocenters. The Kier molecular flexibility index (Phi) is 2.92. The van der Waals surface area contributed by atoms with Crippen LogP contribution in [0.5, 0.6) is 0 Å². The Bertz CT molecular complexity index is 255. The van der Waals surface area contributed by atoms with Crippen LogP contribution >= 0.6 is 0 Å². The van der Waals surface area contributed by atoms with Crippen LogP contribution in [0.1, 0.15) is 13.3 Å². The van der Waals surface area contributed by atoms with Crippen molar-refractivity contribution in [1.82, 2.24) is 0 Å². The highest BCUT2D eigenvalue weighted by atomic mass is 16.7. The van der Waals surface area contributed by atoms with Crippen molar-refractivity contribution in [3.63, 3.8) is 0 Å². The first kappa shape index (κ1) is 10.8. The number of carbonyl (C=O) groups is 1. The molecule has 5 atom stereocenters. The number of rotatable bonds is 2. The summed E-state index contributed by atoms with van der Waals surface area (Å²) >= 11 is 0.